The Bertz CT molecular complexity index is 342. The predicted molar refractivity (Wildman–Crippen MR) is 88.3 cm³/mol. The molecule has 2 aliphatic carbocycles. The summed E-state index contributed by atoms with van der Waals surface area (Å²) >= 11 is 0. The molecule has 3 fully saturated rings. The Kier molecular flexibility index (Phi) is 4.66. The van der Waals surface area contributed by atoms with Crippen LogP contribution in [0.3, 0.4) is 0 Å². The topological polar surface area (TPSA) is 23.5 Å². The summed E-state index contributed by atoms with van der Waals surface area (Å²) in [6, 6.07) is 1.22. The van der Waals surface area contributed by atoms with E-state index in [9.17, 15) is 5.11 Å². The SMILES string of the molecule is CC(C)(C)C1CCC(O)C(N2CCCC2C2CCCC2)C1. The summed E-state index contributed by atoms with van der Waals surface area (Å²) in [5.74, 6) is 1.70. The summed E-state index contributed by atoms with van der Waals surface area (Å²) in [6.45, 7) is 8.38. The number of rotatable bonds is 2. The monoisotopic (exact) mass is 293 g/mol. The van der Waals surface area contributed by atoms with Crippen LogP contribution < -0.4 is 0 Å². The molecule has 2 heteroatoms. The van der Waals surface area contributed by atoms with E-state index in [1.54, 1.807) is 0 Å². The van der Waals surface area contributed by atoms with Crippen molar-refractivity contribution < 1.29 is 5.11 Å². The van der Waals surface area contributed by atoms with Crippen molar-refractivity contribution in [3.05, 3.63) is 0 Å². The van der Waals surface area contributed by atoms with Gasteiger partial charge in [0.15, 0.2) is 0 Å². The highest BCUT2D eigenvalue weighted by atomic mass is 16.3. The van der Waals surface area contributed by atoms with Crippen LogP contribution >= 0.6 is 0 Å². The van der Waals surface area contributed by atoms with Crippen LogP contribution in [-0.2, 0) is 0 Å². The maximum absolute atomic E-state index is 10.6. The molecule has 4 unspecified atom stereocenters. The third-order valence-corrected chi connectivity index (χ3v) is 6.72. The van der Waals surface area contributed by atoms with Crippen molar-refractivity contribution in [2.45, 2.75) is 96.7 Å². The van der Waals surface area contributed by atoms with E-state index < -0.39 is 0 Å². The fourth-order valence-electron chi connectivity index (χ4n) is 5.35. The molecule has 0 radical (unpaired) electrons. The van der Waals surface area contributed by atoms with Crippen LogP contribution in [-0.4, -0.2) is 34.7 Å². The molecule has 21 heavy (non-hydrogen) atoms. The number of hydrogen-bond acceptors (Lipinski definition) is 2. The van der Waals surface area contributed by atoms with Crippen LogP contribution in [0, 0.1) is 17.3 Å². The molecule has 3 aliphatic rings. The van der Waals surface area contributed by atoms with Gasteiger partial charge < -0.3 is 5.11 Å². The van der Waals surface area contributed by atoms with E-state index in [-0.39, 0.29) is 6.10 Å². The number of aliphatic hydroxyl groups is 1. The number of nitrogens with zero attached hydrogens (tertiary/aromatic N) is 1. The molecular formula is C19H35NO. The molecule has 0 amide bonds. The second-order valence-electron chi connectivity index (χ2n) is 9.00. The fourth-order valence-corrected chi connectivity index (χ4v) is 5.35. The molecule has 0 aromatic carbocycles. The molecule has 4 atom stereocenters. The molecule has 1 saturated heterocycles. The van der Waals surface area contributed by atoms with Gasteiger partial charge in [-0.05, 0) is 68.7 Å². The second-order valence-corrected chi connectivity index (χ2v) is 9.00. The van der Waals surface area contributed by atoms with Gasteiger partial charge in [-0.25, -0.2) is 0 Å². The first-order chi connectivity index (χ1) is 9.97. The maximum Gasteiger partial charge on any atom is 0.0695 e. The van der Waals surface area contributed by atoms with E-state index in [4.69, 9.17) is 0 Å². The van der Waals surface area contributed by atoms with Crippen molar-refractivity contribution in [3.63, 3.8) is 0 Å². The first-order valence-electron chi connectivity index (χ1n) is 9.40. The quantitative estimate of drug-likeness (QED) is 0.824. The van der Waals surface area contributed by atoms with Gasteiger partial charge in [0.1, 0.15) is 0 Å². The lowest BCUT2D eigenvalue weighted by Gasteiger charge is -2.46. The van der Waals surface area contributed by atoms with E-state index in [0.717, 1.165) is 24.3 Å². The molecule has 3 rings (SSSR count). The van der Waals surface area contributed by atoms with Gasteiger partial charge >= 0.3 is 0 Å². The van der Waals surface area contributed by atoms with E-state index in [0.29, 0.717) is 11.5 Å². The van der Waals surface area contributed by atoms with Crippen molar-refractivity contribution in [2.24, 2.45) is 17.3 Å². The highest BCUT2D eigenvalue weighted by Crippen LogP contribution is 2.43. The van der Waals surface area contributed by atoms with E-state index in [1.165, 1.54) is 57.9 Å². The van der Waals surface area contributed by atoms with Gasteiger partial charge in [0, 0.05) is 12.1 Å². The van der Waals surface area contributed by atoms with Gasteiger partial charge in [-0.2, -0.15) is 0 Å². The molecule has 2 nitrogen and oxygen atoms in total. The minimum atomic E-state index is -0.0781. The molecule has 0 aromatic heterocycles. The summed E-state index contributed by atoms with van der Waals surface area (Å²) in [4.78, 5) is 2.75. The van der Waals surface area contributed by atoms with Crippen molar-refractivity contribution in [1.82, 2.24) is 4.90 Å². The molecular weight excluding hydrogens is 258 g/mol. The Morgan fingerprint density at radius 2 is 1.57 bits per heavy atom. The van der Waals surface area contributed by atoms with Crippen LogP contribution in [0.4, 0.5) is 0 Å². The normalized spacial score (nSPS) is 40.0. The standard InChI is InChI=1S/C19H35NO/c1-19(2,3)15-10-11-18(21)17(13-15)20-12-6-9-16(20)14-7-4-5-8-14/h14-18,21H,4-13H2,1-3H3. The number of hydrogen-bond donors (Lipinski definition) is 1. The lowest BCUT2D eigenvalue weighted by Crippen LogP contribution is -2.52. The van der Waals surface area contributed by atoms with Gasteiger partial charge in [-0.3, -0.25) is 4.90 Å². The van der Waals surface area contributed by atoms with Crippen LogP contribution in [0.5, 0.6) is 0 Å². The third-order valence-electron chi connectivity index (χ3n) is 6.72. The third kappa shape index (κ3) is 3.32. The summed E-state index contributed by atoms with van der Waals surface area (Å²) in [5.41, 5.74) is 0.390. The van der Waals surface area contributed by atoms with E-state index in [1.807, 2.05) is 0 Å². The minimum Gasteiger partial charge on any atom is -0.391 e. The molecule has 122 valence electrons. The largest absolute Gasteiger partial charge is 0.391 e. The highest BCUT2D eigenvalue weighted by Gasteiger charge is 2.43. The smallest absolute Gasteiger partial charge is 0.0695 e. The first kappa shape index (κ1) is 15.8. The molecule has 2 saturated carbocycles. The first-order valence-corrected chi connectivity index (χ1v) is 9.40. The Balaban J connectivity index is 1.70. The van der Waals surface area contributed by atoms with Gasteiger partial charge in [0.25, 0.3) is 0 Å². The molecule has 0 spiro atoms. The fraction of sp³-hybridized carbons (Fsp3) is 1.00. The Hall–Kier alpha value is -0.0800. The highest BCUT2D eigenvalue weighted by molar-refractivity contribution is 4.97. The van der Waals surface area contributed by atoms with Crippen LogP contribution in [0.25, 0.3) is 0 Å². The van der Waals surface area contributed by atoms with Crippen LogP contribution in [0.2, 0.25) is 0 Å². The van der Waals surface area contributed by atoms with Crippen molar-refractivity contribution in [3.8, 4) is 0 Å². The Morgan fingerprint density at radius 1 is 0.857 bits per heavy atom. The summed E-state index contributed by atoms with van der Waals surface area (Å²) in [6.07, 6.45) is 11.8. The average Bonchev–Trinajstić information content (AvgIpc) is 3.08. The summed E-state index contributed by atoms with van der Waals surface area (Å²) < 4.78 is 0. The van der Waals surface area contributed by atoms with E-state index >= 15 is 0 Å². The molecule has 1 N–H and O–H groups in total. The van der Waals surface area contributed by atoms with Gasteiger partial charge in [-0.15, -0.1) is 0 Å². The molecule has 1 heterocycles. The maximum atomic E-state index is 10.6. The van der Waals surface area contributed by atoms with Gasteiger partial charge in [-0.1, -0.05) is 33.6 Å². The van der Waals surface area contributed by atoms with Crippen molar-refractivity contribution >= 4 is 0 Å². The average molecular weight is 293 g/mol. The summed E-state index contributed by atoms with van der Waals surface area (Å²) in [5, 5.41) is 10.6. The number of aliphatic hydroxyl groups excluding tert-OH is 1. The predicted octanol–water partition coefficient (Wildman–Crippen LogP) is 4.22. The Labute approximate surface area is 131 Å². The van der Waals surface area contributed by atoms with Crippen molar-refractivity contribution in [2.75, 3.05) is 6.54 Å². The molecule has 0 bridgehead atoms. The minimum absolute atomic E-state index is 0.0781. The van der Waals surface area contributed by atoms with Crippen LogP contribution in [0.15, 0.2) is 0 Å². The molecule has 0 aromatic rings. The lowest BCUT2D eigenvalue weighted by molar-refractivity contribution is -0.0296. The van der Waals surface area contributed by atoms with Crippen molar-refractivity contribution in [1.29, 1.82) is 0 Å². The zero-order chi connectivity index (χ0) is 15.0. The zero-order valence-electron chi connectivity index (χ0n) is 14.4. The number of likely N-dealkylation sites (tertiary alicyclic amines) is 1. The summed E-state index contributed by atoms with van der Waals surface area (Å²) in [7, 11) is 0. The molecule has 1 aliphatic heterocycles. The van der Waals surface area contributed by atoms with Gasteiger partial charge in [0.2, 0.25) is 0 Å². The Morgan fingerprint density at radius 3 is 2.24 bits per heavy atom. The second kappa shape index (κ2) is 6.20. The van der Waals surface area contributed by atoms with E-state index in [2.05, 4.69) is 25.7 Å². The lowest BCUT2D eigenvalue weighted by atomic mass is 9.69. The van der Waals surface area contributed by atoms with Gasteiger partial charge in [0.05, 0.1) is 6.10 Å². The van der Waals surface area contributed by atoms with Crippen LogP contribution in [0.1, 0.15) is 78.6 Å². The zero-order valence-corrected chi connectivity index (χ0v) is 14.4.